The summed E-state index contributed by atoms with van der Waals surface area (Å²) in [6, 6.07) is -1.23. The fraction of sp³-hybridized carbons (Fsp3) is 0.760. The Morgan fingerprint density at radius 1 is 1.00 bits per heavy atom. The van der Waals surface area contributed by atoms with Crippen molar-refractivity contribution in [2.75, 3.05) is 18.1 Å². The summed E-state index contributed by atoms with van der Waals surface area (Å²) in [6.07, 6.45) is 11.7. The van der Waals surface area contributed by atoms with Crippen LogP contribution in [0.3, 0.4) is 0 Å². The Morgan fingerprint density at radius 2 is 1.62 bits per heavy atom. The minimum Gasteiger partial charge on any atom is -0.480 e. The number of hydrogen-bond donors (Lipinski definition) is 3. The topological polar surface area (TPSA) is 167 Å². The van der Waals surface area contributed by atoms with Crippen LogP contribution in [0.2, 0.25) is 0 Å². The number of esters is 1. The number of rotatable bonds is 13. The molecule has 207 valence electrons. The molecule has 0 amide bonds. The average Bonchev–Trinajstić information content (AvgIpc) is 3.08. The van der Waals surface area contributed by atoms with E-state index in [9.17, 15) is 24.4 Å². The quantitative estimate of drug-likeness (QED) is 0.0998. The number of hydrogen-bond acceptors (Lipinski definition) is 9. The summed E-state index contributed by atoms with van der Waals surface area (Å²) < 4.78 is 4.76. The second-order valence-electron chi connectivity index (χ2n) is 10.3. The van der Waals surface area contributed by atoms with Crippen molar-refractivity contribution < 1.29 is 39.3 Å². The van der Waals surface area contributed by atoms with E-state index in [1.54, 1.807) is 0 Å². The van der Waals surface area contributed by atoms with Gasteiger partial charge in [0.25, 0.3) is 0 Å². The van der Waals surface area contributed by atoms with E-state index >= 15 is 0 Å². The molecule has 0 unspecified atom stereocenters. The molecule has 4 N–H and O–H groups in total. The SMILES string of the molecule is N[C@@H](CCC(=O)[C@H](CSSCC1=CC2(CCCCC2)N([O])C12CCCCC2)C(=O)OCC(=O)O)C(=O)O. The van der Waals surface area contributed by atoms with E-state index in [1.165, 1.54) is 26.7 Å². The maximum Gasteiger partial charge on any atom is 0.341 e. The number of aliphatic carboxylic acids is 2. The molecule has 0 saturated heterocycles. The second kappa shape index (κ2) is 13.5. The van der Waals surface area contributed by atoms with Gasteiger partial charge in [0.2, 0.25) is 0 Å². The van der Waals surface area contributed by atoms with Gasteiger partial charge >= 0.3 is 17.9 Å². The van der Waals surface area contributed by atoms with Gasteiger partial charge in [-0.3, -0.25) is 14.4 Å². The predicted molar refractivity (Wildman–Crippen MR) is 139 cm³/mol. The van der Waals surface area contributed by atoms with Crippen molar-refractivity contribution in [3.05, 3.63) is 11.6 Å². The molecular formula is C25H37N2O8S2. The lowest BCUT2D eigenvalue weighted by Crippen LogP contribution is -2.55. The van der Waals surface area contributed by atoms with E-state index in [-0.39, 0.29) is 18.6 Å². The van der Waals surface area contributed by atoms with Crippen molar-refractivity contribution in [3.8, 4) is 0 Å². The fourth-order valence-electron chi connectivity index (χ4n) is 5.76. The Morgan fingerprint density at radius 3 is 2.22 bits per heavy atom. The van der Waals surface area contributed by atoms with E-state index in [4.69, 9.17) is 20.7 Å². The number of carboxylic acids is 2. The van der Waals surface area contributed by atoms with Crippen LogP contribution in [0, 0.1) is 5.92 Å². The Labute approximate surface area is 225 Å². The first-order valence-corrected chi connectivity index (χ1v) is 15.4. The van der Waals surface area contributed by atoms with Gasteiger partial charge in [-0.1, -0.05) is 66.2 Å². The van der Waals surface area contributed by atoms with Crippen molar-refractivity contribution in [1.29, 1.82) is 0 Å². The number of carbonyl (C=O) groups is 4. The van der Waals surface area contributed by atoms with Gasteiger partial charge in [-0.2, -0.15) is 0 Å². The first-order chi connectivity index (χ1) is 17.6. The third-order valence-electron chi connectivity index (χ3n) is 7.80. The predicted octanol–water partition coefficient (Wildman–Crippen LogP) is 3.37. The summed E-state index contributed by atoms with van der Waals surface area (Å²) in [5, 5.41) is 32.9. The van der Waals surface area contributed by atoms with Gasteiger partial charge in [0, 0.05) is 17.9 Å². The highest BCUT2D eigenvalue weighted by Gasteiger charge is 2.56. The number of nitrogens with two attached hydrogens (primary N) is 1. The molecule has 0 aromatic carbocycles. The maximum atomic E-state index is 13.7. The zero-order valence-corrected chi connectivity index (χ0v) is 22.7. The van der Waals surface area contributed by atoms with Crippen LogP contribution < -0.4 is 5.73 Å². The number of hydroxylamine groups is 2. The highest BCUT2D eigenvalue weighted by molar-refractivity contribution is 8.76. The Kier molecular flexibility index (Phi) is 10.9. The van der Waals surface area contributed by atoms with Gasteiger partial charge in [-0.05, 0) is 37.7 Å². The van der Waals surface area contributed by atoms with E-state index < -0.39 is 53.3 Å². The summed E-state index contributed by atoms with van der Waals surface area (Å²) in [5.41, 5.74) is 5.74. The molecule has 0 aromatic rings. The third-order valence-corrected chi connectivity index (χ3v) is 10.1. The van der Waals surface area contributed by atoms with Crippen LogP contribution in [-0.4, -0.2) is 74.2 Å². The van der Waals surface area contributed by atoms with Gasteiger partial charge in [0.15, 0.2) is 6.61 Å². The number of carboxylic acid groups (broad SMARTS) is 2. The van der Waals surface area contributed by atoms with Crippen molar-refractivity contribution in [2.45, 2.75) is 94.2 Å². The van der Waals surface area contributed by atoms with Crippen molar-refractivity contribution in [3.63, 3.8) is 0 Å². The van der Waals surface area contributed by atoms with Crippen molar-refractivity contribution >= 4 is 45.3 Å². The molecule has 2 fully saturated rings. The van der Waals surface area contributed by atoms with Crippen LogP contribution >= 0.6 is 21.6 Å². The van der Waals surface area contributed by atoms with Gasteiger partial charge in [0.05, 0.1) is 11.1 Å². The molecule has 3 aliphatic rings. The number of nitrogens with zero attached hydrogens (tertiary/aromatic N) is 1. The zero-order chi connectivity index (χ0) is 27.1. The minimum atomic E-state index is -1.33. The summed E-state index contributed by atoms with van der Waals surface area (Å²) in [6.45, 7) is -0.855. The molecule has 1 heterocycles. The zero-order valence-electron chi connectivity index (χ0n) is 21.0. The molecule has 12 heteroatoms. The number of ether oxygens (including phenoxy) is 1. The molecule has 0 bridgehead atoms. The van der Waals surface area contributed by atoms with Crippen LogP contribution in [0.1, 0.15) is 77.0 Å². The fourth-order valence-corrected chi connectivity index (χ4v) is 8.21. The minimum absolute atomic E-state index is 0.0524. The number of Topliss-reactive ketones (excluding diaryl/α,β-unsaturated/α-hetero) is 1. The summed E-state index contributed by atoms with van der Waals surface area (Å²) in [7, 11) is 2.77. The number of ketones is 1. The lowest BCUT2D eigenvalue weighted by Gasteiger charge is -2.46. The van der Waals surface area contributed by atoms with Crippen molar-refractivity contribution in [2.24, 2.45) is 11.7 Å². The molecular weight excluding hydrogens is 520 g/mol. The molecule has 2 spiro atoms. The molecule has 3 rings (SSSR count). The molecule has 0 aromatic heterocycles. The van der Waals surface area contributed by atoms with Gasteiger partial charge < -0.3 is 20.7 Å². The largest absolute Gasteiger partial charge is 0.480 e. The smallest absolute Gasteiger partial charge is 0.341 e. The van der Waals surface area contributed by atoms with Crippen LogP contribution in [0.15, 0.2) is 11.6 Å². The maximum absolute atomic E-state index is 13.7. The summed E-state index contributed by atoms with van der Waals surface area (Å²) in [4.78, 5) is 47.0. The molecule has 1 radical (unpaired) electrons. The second-order valence-corrected chi connectivity index (χ2v) is 12.8. The normalized spacial score (nSPS) is 22.4. The summed E-state index contributed by atoms with van der Waals surface area (Å²) in [5.74, 6) is -4.63. The van der Waals surface area contributed by atoms with Crippen molar-refractivity contribution in [1.82, 2.24) is 5.06 Å². The third kappa shape index (κ3) is 7.29. The van der Waals surface area contributed by atoms with Gasteiger partial charge in [0.1, 0.15) is 17.7 Å². The van der Waals surface area contributed by atoms with Crippen LogP contribution in [-0.2, 0) is 29.1 Å². The monoisotopic (exact) mass is 557 g/mol. The van der Waals surface area contributed by atoms with Gasteiger partial charge in [-0.25, -0.2) is 4.79 Å². The Balaban J connectivity index is 1.63. The first-order valence-electron chi connectivity index (χ1n) is 12.9. The first kappa shape index (κ1) is 29.9. The average molecular weight is 558 g/mol. The molecule has 2 saturated carbocycles. The lowest BCUT2D eigenvalue weighted by molar-refractivity contribution is -0.267. The Bertz CT molecular complexity index is 884. The highest BCUT2D eigenvalue weighted by atomic mass is 33.1. The van der Waals surface area contributed by atoms with Crippen LogP contribution in [0.5, 0.6) is 0 Å². The van der Waals surface area contributed by atoms with E-state index in [1.807, 2.05) is 0 Å². The Hall–Kier alpha value is -1.60. The van der Waals surface area contributed by atoms with E-state index in [0.717, 1.165) is 69.8 Å². The van der Waals surface area contributed by atoms with Crippen LogP contribution in [0.4, 0.5) is 0 Å². The molecule has 2 atom stereocenters. The molecule has 10 nitrogen and oxygen atoms in total. The standard InChI is InChI=1S/C25H37N2O8S2/c26-19(22(31)32)7-8-20(28)18(23(33)35-14-21(29)30)16-37-36-15-17-13-24(9-3-1-4-10-24)27(34)25(17)11-5-2-6-12-25/h13,18-19H,1-12,14-16,26H2,(H,29,30)(H,31,32)/t18-,19-/m0/s1. The van der Waals surface area contributed by atoms with Gasteiger partial charge in [-0.15, -0.1) is 10.3 Å². The lowest BCUT2D eigenvalue weighted by atomic mass is 9.77. The van der Waals surface area contributed by atoms with Crippen LogP contribution in [0.25, 0.3) is 0 Å². The summed E-state index contributed by atoms with van der Waals surface area (Å²) >= 11 is 0. The van der Waals surface area contributed by atoms with E-state index in [2.05, 4.69) is 6.08 Å². The molecule has 2 aliphatic carbocycles. The van der Waals surface area contributed by atoms with E-state index in [0.29, 0.717) is 5.75 Å². The molecule has 37 heavy (non-hydrogen) atoms. The highest BCUT2D eigenvalue weighted by Crippen LogP contribution is 2.53. The number of carbonyl (C=O) groups excluding carboxylic acids is 2. The molecule has 1 aliphatic heterocycles.